The fraction of sp³-hybridized carbons (Fsp3) is 1.00. The highest BCUT2D eigenvalue weighted by Gasteiger charge is 2.41. The summed E-state index contributed by atoms with van der Waals surface area (Å²) >= 11 is 0. The number of ether oxygens (including phenoxy) is 2. The van der Waals surface area contributed by atoms with Gasteiger partial charge in [-0.2, -0.15) is 0 Å². The Morgan fingerprint density at radius 2 is 1.16 bits per heavy atom. The van der Waals surface area contributed by atoms with Crippen molar-refractivity contribution in [2.24, 2.45) is 0 Å². The second kappa shape index (κ2) is 5.27. The Morgan fingerprint density at radius 3 is 1.68 bits per heavy atom. The minimum Gasteiger partial charge on any atom is -0.349 e. The van der Waals surface area contributed by atoms with E-state index in [-0.39, 0.29) is 6.29 Å². The summed E-state index contributed by atoms with van der Waals surface area (Å²) in [6.45, 7) is 12.0. The quantitative estimate of drug-likeness (QED) is 0.631. The maximum Gasteiger partial charge on any atom is 0.170 e. The summed E-state index contributed by atoms with van der Waals surface area (Å²) in [5.41, 5.74) is 0. The molecule has 0 saturated carbocycles. The Kier molecular flexibility index (Phi) is 3.47. The number of hydrogen-bond donors (Lipinski definition) is 0. The first kappa shape index (κ1) is 12.5. The second-order valence-corrected chi connectivity index (χ2v) is 5.93. The molecule has 0 atom stereocenters. The van der Waals surface area contributed by atoms with Crippen LogP contribution in [-0.4, -0.2) is 104 Å². The van der Waals surface area contributed by atoms with Crippen LogP contribution in [0, 0.1) is 0 Å². The molecular formula is C13H24N4O2. The summed E-state index contributed by atoms with van der Waals surface area (Å²) in [5, 5.41) is 0. The van der Waals surface area contributed by atoms with Crippen LogP contribution < -0.4 is 0 Å². The van der Waals surface area contributed by atoms with E-state index in [2.05, 4.69) is 19.6 Å². The van der Waals surface area contributed by atoms with E-state index in [0.29, 0.717) is 6.29 Å². The topological polar surface area (TPSA) is 31.4 Å². The minimum absolute atomic E-state index is 0.00359. The van der Waals surface area contributed by atoms with Crippen molar-refractivity contribution in [1.82, 2.24) is 19.6 Å². The molecule has 0 unspecified atom stereocenters. The molecule has 6 heteroatoms. The molecule has 0 aromatic heterocycles. The van der Waals surface area contributed by atoms with Gasteiger partial charge in [0.25, 0.3) is 0 Å². The molecule has 6 nitrogen and oxygen atoms in total. The van der Waals surface area contributed by atoms with Gasteiger partial charge in [0.1, 0.15) is 6.29 Å². The zero-order chi connectivity index (χ0) is 12.7. The van der Waals surface area contributed by atoms with E-state index in [1.807, 2.05) is 0 Å². The lowest BCUT2D eigenvalue weighted by Gasteiger charge is -2.38. The monoisotopic (exact) mass is 268 g/mol. The van der Waals surface area contributed by atoms with E-state index in [1.165, 1.54) is 39.3 Å². The van der Waals surface area contributed by atoms with Gasteiger partial charge in [-0.25, -0.2) is 0 Å². The van der Waals surface area contributed by atoms with Gasteiger partial charge in [-0.1, -0.05) is 0 Å². The Labute approximate surface area is 114 Å². The molecule has 0 bridgehead atoms. The average Bonchev–Trinajstić information content (AvgIpc) is 3.08. The van der Waals surface area contributed by atoms with Crippen molar-refractivity contribution in [1.29, 1.82) is 0 Å². The van der Waals surface area contributed by atoms with Crippen molar-refractivity contribution < 1.29 is 9.47 Å². The molecule has 0 amide bonds. The van der Waals surface area contributed by atoms with Crippen LogP contribution in [0.5, 0.6) is 0 Å². The standard InChI is InChI=1S/C13H24N4O2/c1-3-15-5-7-17-8-6-16(13(15)17)4-2-14(1)11-12-18-9-10-19-12/h12-13H,1-11H2. The Morgan fingerprint density at radius 1 is 0.684 bits per heavy atom. The fourth-order valence-electron chi connectivity index (χ4n) is 3.79. The van der Waals surface area contributed by atoms with Crippen LogP contribution in [0.4, 0.5) is 0 Å². The first-order chi connectivity index (χ1) is 9.40. The van der Waals surface area contributed by atoms with Gasteiger partial charge in [-0.3, -0.25) is 19.6 Å². The summed E-state index contributed by atoms with van der Waals surface area (Å²) in [7, 11) is 0. The molecular weight excluding hydrogens is 244 g/mol. The molecule has 0 spiro atoms. The molecule has 4 fully saturated rings. The largest absolute Gasteiger partial charge is 0.349 e. The predicted molar refractivity (Wildman–Crippen MR) is 70.6 cm³/mol. The zero-order valence-electron chi connectivity index (χ0n) is 11.5. The van der Waals surface area contributed by atoms with Crippen molar-refractivity contribution >= 4 is 0 Å². The molecule has 0 radical (unpaired) electrons. The molecule has 4 aliphatic heterocycles. The fourth-order valence-corrected chi connectivity index (χ4v) is 3.79. The van der Waals surface area contributed by atoms with Crippen molar-refractivity contribution in [2.75, 3.05) is 72.1 Å². The molecule has 0 N–H and O–H groups in total. The molecule has 0 aromatic carbocycles. The van der Waals surface area contributed by atoms with Crippen LogP contribution in [0.2, 0.25) is 0 Å². The van der Waals surface area contributed by atoms with Gasteiger partial charge in [0.05, 0.1) is 13.2 Å². The molecule has 19 heavy (non-hydrogen) atoms. The summed E-state index contributed by atoms with van der Waals surface area (Å²) in [6, 6.07) is 0. The first-order valence-corrected chi connectivity index (χ1v) is 7.58. The second-order valence-electron chi connectivity index (χ2n) is 5.93. The Balaban J connectivity index is 1.38. The SMILES string of the molecule is C1COC(CN2CCN3CCN4CCN(CC2)C34)O1. The smallest absolute Gasteiger partial charge is 0.170 e. The molecule has 0 aromatic rings. The third-order valence-electron chi connectivity index (χ3n) is 4.83. The van der Waals surface area contributed by atoms with E-state index < -0.39 is 0 Å². The normalized spacial score (nSPS) is 32.8. The molecule has 4 heterocycles. The van der Waals surface area contributed by atoms with E-state index in [4.69, 9.17) is 9.47 Å². The highest BCUT2D eigenvalue weighted by molar-refractivity contribution is 4.90. The van der Waals surface area contributed by atoms with E-state index >= 15 is 0 Å². The molecule has 108 valence electrons. The molecule has 0 aliphatic carbocycles. The van der Waals surface area contributed by atoms with Crippen molar-refractivity contribution in [3.05, 3.63) is 0 Å². The first-order valence-electron chi connectivity index (χ1n) is 7.58. The minimum atomic E-state index is 0.00359. The van der Waals surface area contributed by atoms with Gasteiger partial charge >= 0.3 is 0 Å². The van der Waals surface area contributed by atoms with Crippen LogP contribution >= 0.6 is 0 Å². The van der Waals surface area contributed by atoms with E-state index in [9.17, 15) is 0 Å². The summed E-state index contributed by atoms with van der Waals surface area (Å²) in [4.78, 5) is 10.4. The van der Waals surface area contributed by atoms with Crippen molar-refractivity contribution in [3.63, 3.8) is 0 Å². The number of rotatable bonds is 2. The van der Waals surface area contributed by atoms with Gasteiger partial charge in [0.2, 0.25) is 0 Å². The summed E-state index contributed by atoms with van der Waals surface area (Å²) < 4.78 is 11.2. The van der Waals surface area contributed by atoms with Crippen LogP contribution in [0.15, 0.2) is 0 Å². The molecule has 4 saturated heterocycles. The lowest BCUT2D eigenvalue weighted by atomic mass is 10.3. The van der Waals surface area contributed by atoms with Crippen LogP contribution in [0.1, 0.15) is 0 Å². The zero-order valence-corrected chi connectivity index (χ0v) is 11.5. The lowest BCUT2D eigenvalue weighted by molar-refractivity contribution is -0.0700. The lowest BCUT2D eigenvalue weighted by Crippen LogP contribution is -2.53. The molecule has 4 aliphatic rings. The van der Waals surface area contributed by atoms with Crippen LogP contribution in [0.25, 0.3) is 0 Å². The van der Waals surface area contributed by atoms with Crippen LogP contribution in [-0.2, 0) is 9.47 Å². The van der Waals surface area contributed by atoms with Gasteiger partial charge < -0.3 is 9.47 Å². The van der Waals surface area contributed by atoms with Gasteiger partial charge in [0.15, 0.2) is 6.29 Å². The maximum atomic E-state index is 5.58. The Hall–Kier alpha value is -0.240. The number of hydrogen-bond acceptors (Lipinski definition) is 6. The Bertz CT molecular complexity index is 304. The van der Waals surface area contributed by atoms with Gasteiger partial charge in [0, 0.05) is 58.9 Å². The van der Waals surface area contributed by atoms with Crippen molar-refractivity contribution in [3.8, 4) is 0 Å². The summed E-state index contributed by atoms with van der Waals surface area (Å²) in [6.07, 6.45) is 0.602. The third-order valence-corrected chi connectivity index (χ3v) is 4.83. The third kappa shape index (κ3) is 2.41. The highest BCUT2D eigenvalue weighted by Crippen LogP contribution is 2.24. The van der Waals surface area contributed by atoms with E-state index in [0.717, 1.165) is 32.8 Å². The number of nitrogens with zero attached hydrogens (tertiary/aromatic N) is 4. The summed E-state index contributed by atoms with van der Waals surface area (Å²) in [5.74, 6) is 0. The average molecular weight is 268 g/mol. The van der Waals surface area contributed by atoms with Gasteiger partial charge in [-0.05, 0) is 0 Å². The van der Waals surface area contributed by atoms with Gasteiger partial charge in [-0.15, -0.1) is 0 Å². The molecule has 4 rings (SSSR count). The van der Waals surface area contributed by atoms with Crippen molar-refractivity contribution in [2.45, 2.75) is 12.6 Å². The van der Waals surface area contributed by atoms with Crippen LogP contribution in [0.3, 0.4) is 0 Å². The maximum absolute atomic E-state index is 5.58. The predicted octanol–water partition coefficient (Wildman–Crippen LogP) is -1.11. The van der Waals surface area contributed by atoms with E-state index in [1.54, 1.807) is 0 Å². The highest BCUT2D eigenvalue weighted by atomic mass is 16.7.